The van der Waals surface area contributed by atoms with Crippen molar-refractivity contribution in [1.29, 1.82) is 0 Å². The predicted molar refractivity (Wildman–Crippen MR) is 187 cm³/mol. The molecule has 14 heteroatoms. The zero-order chi connectivity index (χ0) is 34.1. The van der Waals surface area contributed by atoms with Crippen molar-refractivity contribution in [3.05, 3.63) is 107 Å². The second-order valence-electron chi connectivity index (χ2n) is 12.3. The van der Waals surface area contributed by atoms with Crippen LogP contribution < -0.4 is 4.74 Å². The van der Waals surface area contributed by atoms with Gasteiger partial charge < -0.3 is 14.2 Å². The first-order valence-electron chi connectivity index (χ1n) is 16.1. The molecule has 5 heterocycles. The van der Waals surface area contributed by atoms with Gasteiger partial charge in [0.05, 0.1) is 17.0 Å². The monoisotopic (exact) mass is 719 g/mol. The quantitative estimate of drug-likeness (QED) is 0.196. The van der Waals surface area contributed by atoms with Crippen LogP contribution in [-0.2, 0) is 28.0 Å². The van der Waals surface area contributed by atoms with E-state index < -0.39 is 16.1 Å². The summed E-state index contributed by atoms with van der Waals surface area (Å²) in [5, 5.41) is 1.10. The minimum atomic E-state index is -4.14. The van der Waals surface area contributed by atoms with Crippen LogP contribution in [0.4, 0.5) is 0 Å². The molecule has 0 radical (unpaired) electrons. The second kappa shape index (κ2) is 14.0. The van der Waals surface area contributed by atoms with E-state index in [0.717, 1.165) is 28.9 Å². The molecule has 49 heavy (non-hydrogen) atoms. The molecule has 0 aliphatic carbocycles. The van der Waals surface area contributed by atoms with E-state index in [4.69, 9.17) is 32.9 Å². The third-order valence-electron chi connectivity index (χ3n) is 9.13. The summed E-state index contributed by atoms with van der Waals surface area (Å²) in [6, 6.07) is 13.7. The van der Waals surface area contributed by atoms with Crippen molar-refractivity contribution in [3.63, 3.8) is 0 Å². The fraction of sp³-hybridized carbons (Fsp3) is 0.314. The van der Waals surface area contributed by atoms with Gasteiger partial charge in [-0.2, -0.15) is 4.31 Å². The number of para-hydroxylation sites is 1. The van der Waals surface area contributed by atoms with Gasteiger partial charge in [0, 0.05) is 85.7 Å². The highest BCUT2D eigenvalue weighted by Crippen LogP contribution is 2.37. The smallest absolute Gasteiger partial charge is 0.245 e. The standard InChI is InChI=1S/C35H35Cl2N7O4S/c1-24-20-30(43-15-13-39-23-43)26-4-2-6-31(34(26)40-24)48-22-27-28(36)7-8-32(33(27)37)49(46,47)44-14-3-5-29(44)35(45)42-18-16-41(17-19-42)21-25-9-11-38-12-10-25/h2,4,6-13,15,20,23,29H,3,5,14,16-19,21-22H2,1H3. The van der Waals surface area contributed by atoms with Gasteiger partial charge in [0.25, 0.3) is 0 Å². The molecule has 7 rings (SSSR count). The Labute approximate surface area is 295 Å². The molecule has 1 unspecified atom stereocenters. The zero-order valence-corrected chi connectivity index (χ0v) is 29.2. The highest BCUT2D eigenvalue weighted by Gasteiger charge is 2.42. The van der Waals surface area contributed by atoms with Gasteiger partial charge in [0.1, 0.15) is 28.8 Å². The number of carbonyl (C=O) groups is 1. The van der Waals surface area contributed by atoms with Gasteiger partial charge in [0.15, 0.2) is 0 Å². The van der Waals surface area contributed by atoms with E-state index in [9.17, 15) is 13.2 Å². The number of ether oxygens (including phenoxy) is 1. The Morgan fingerprint density at radius 2 is 1.78 bits per heavy atom. The number of nitrogens with zero attached hydrogens (tertiary/aromatic N) is 7. The number of amides is 1. The van der Waals surface area contributed by atoms with Crippen molar-refractivity contribution < 1.29 is 17.9 Å². The molecular formula is C35H35Cl2N7O4S. The average Bonchev–Trinajstić information content (AvgIpc) is 3.82. The molecule has 254 valence electrons. The minimum absolute atomic E-state index is 0.0289. The lowest BCUT2D eigenvalue weighted by Gasteiger charge is -2.37. The van der Waals surface area contributed by atoms with E-state index in [2.05, 4.69) is 14.9 Å². The van der Waals surface area contributed by atoms with Crippen molar-refractivity contribution >= 4 is 50.0 Å². The maximum Gasteiger partial charge on any atom is 0.245 e. The number of aryl methyl sites for hydroxylation is 1. The Morgan fingerprint density at radius 1 is 0.980 bits per heavy atom. The lowest BCUT2D eigenvalue weighted by molar-refractivity contribution is -0.136. The SMILES string of the molecule is Cc1cc(-n2ccnc2)c2cccc(OCc3c(Cl)ccc(S(=O)(=O)N4CCCC4C(=O)N4CCN(Cc5ccncc5)CC4)c3Cl)c2n1. The largest absolute Gasteiger partial charge is 0.487 e. The summed E-state index contributed by atoms with van der Waals surface area (Å²) in [6.07, 6.45) is 9.86. The molecule has 2 aliphatic heterocycles. The molecule has 2 aromatic carbocycles. The van der Waals surface area contributed by atoms with E-state index in [1.165, 1.54) is 16.4 Å². The number of sulfonamides is 1. The van der Waals surface area contributed by atoms with Crippen LogP contribution in [-0.4, -0.2) is 86.7 Å². The number of aromatic nitrogens is 4. The highest BCUT2D eigenvalue weighted by atomic mass is 35.5. The number of carbonyl (C=O) groups excluding carboxylic acids is 1. The maximum absolute atomic E-state index is 14.2. The van der Waals surface area contributed by atoms with Gasteiger partial charge in [0.2, 0.25) is 15.9 Å². The van der Waals surface area contributed by atoms with Gasteiger partial charge in [-0.05, 0) is 61.7 Å². The van der Waals surface area contributed by atoms with Gasteiger partial charge in [-0.1, -0.05) is 35.3 Å². The molecule has 0 saturated carbocycles. The highest BCUT2D eigenvalue weighted by molar-refractivity contribution is 7.89. The number of rotatable bonds is 9. The van der Waals surface area contributed by atoms with Crippen LogP contribution in [0.1, 0.15) is 29.7 Å². The first-order valence-corrected chi connectivity index (χ1v) is 18.3. The first kappa shape index (κ1) is 33.4. The third kappa shape index (κ3) is 6.75. The van der Waals surface area contributed by atoms with E-state index in [1.807, 2.05) is 48.0 Å². The fourth-order valence-corrected chi connectivity index (χ4v) is 9.12. The number of hydrogen-bond donors (Lipinski definition) is 0. The number of benzene rings is 2. The number of pyridine rings is 2. The molecule has 11 nitrogen and oxygen atoms in total. The molecule has 0 N–H and O–H groups in total. The van der Waals surface area contributed by atoms with Crippen LogP contribution in [0, 0.1) is 6.92 Å². The number of fused-ring (bicyclic) bond motifs is 1. The summed E-state index contributed by atoms with van der Waals surface area (Å²) < 4.78 is 37.8. The first-order chi connectivity index (χ1) is 23.7. The van der Waals surface area contributed by atoms with Crippen molar-refractivity contribution in [2.45, 2.75) is 43.9 Å². The number of halogens is 2. The van der Waals surface area contributed by atoms with Crippen molar-refractivity contribution in [3.8, 4) is 11.4 Å². The van der Waals surface area contributed by atoms with E-state index >= 15 is 0 Å². The lowest BCUT2D eigenvalue weighted by atomic mass is 10.1. The molecule has 3 aromatic heterocycles. The summed E-state index contributed by atoms with van der Waals surface area (Å²) in [7, 11) is -4.14. The van der Waals surface area contributed by atoms with Gasteiger partial charge in [-0.15, -0.1) is 0 Å². The van der Waals surface area contributed by atoms with Crippen LogP contribution in [0.2, 0.25) is 10.0 Å². The van der Waals surface area contributed by atoms with E-state index in [1.54, 1.807) is 35.9 Å². The summed E-state index contributed by atoms with van der Waals surface area (Å²) >= 11 is 13.4. The fourth-order valence-electron chi connectivity index (χ4n) is 6.60. The zero-order valence-electron chi connectivity index (χ0n) is 26.9. The van der Waals surface area contributed by atoms with Crippen molar-refractivity contribution in [1.82, 2.24) is 33.6 Å². The van der Waals surface area contributed by atoms with Crippen molar-refractivity contribution in [2.24, 2.45) is 0 Å². The summed E-state index contributed by atoms with van der Waals surface area (Å²) in [6.45, 7) is 5.28. The molecule has 2 fully saturated rings. The van der Waals surface area contributed by atoms with E-state index in [-0.39, 0.29) is 34.0 Å². The molecular weight excluding hydrogens is 685 g/mol. The normalized spacial score (nSPS) is 17.5. The van der Waals surface area contributed by atoms with Gasteiger partial charge in [-0.3, -0.25) is 14.7 Å². The lowest BCUT2D eigenvalue weighted by Crippen LogP contribution is -2.54. The number of imidazole rings is 1. The summed E-state index contributed by atoms with van der Waals surface area (Å²) in [5.41, 5.74) is 3.82. The molecule has 1 atom stereocenters. The van der Waals surface area contributed by atoms with E-state index in [0.29, 0.717) is 55.9 Å². The topological polar surface area (TPSA) is 114 Å². The molecule has 2 saturated heterocycles. The minimum Gasteiger partial charge on any atom is -0.487 e. The summed E-state index contributed by atoms with van der Waals surface area (Å²) in [4.78, 5) is 30.7. The Balaban J connectivity index is 1.08. The average molecular weight is 721 g/mol. The Hall–Kier alpha value is -4.07. The van der Waals surface area contributed by atoms with Crippen LogP contribution in [0.5, 0.6) is 5.75 Å². The van der Waals surface area contributed by atoms with Crippen LogP contribution in [0.25, 0.3) is 16.6 Å². The second-order valence-corrected chi connectivity index (χ2v) is 14.9. The van der Waals surface area contributed by atoms with Crippen molar-refractivity contribution in [2.75, 3.05) is 32.7 Å². The van der Waals surface area contributed by atoms with Crippen LogP contribution in [0.15, 0.2) is 84.5 Å². The molecule has 0 bridgehead atoms. The van der Waals surface area contributed by atoms with Crippen LogP contribution in [0.3, 0.4) is 0 Å². The number of piperazine rings is 1. The van der Waals surface area contributed by atoms with Gasteiger partial charge >= 0.3 is 0 Å². The third-order valence-corrected chi connectivity index (χ3v) is 12.0. The predicted octanol–water partition coefficient (Wildman–Crippen LogP) is 5.51. The summed E-state index contributed by atoms with van der Waals surface area (Å²) in [5.74, 6) is 0.320. The van der Waals surface area contributed by atoms with Crippen LogP contribution >= 0.6 is 23.2 Å². The molecule has 5 aromatic rings. The molecule has 2 aliphatic rings. The Morgan fingerprint density at radius 3 is 2.53 bits per heavy atom. The maximum atomic E-state index is 14.2. The molecule has 1 amide bonds. The Bertz CT molecular complexity index is 2090. The number of hydrogen-bond acceptors (Lipinski definition) is 8. The van der Waals surface area contributed by atoms with Gasteiger partial charge in [-0.25, -0.2) is 18.4 Å². The Kier molecular flexibility index (Phi) is 9.58. The molecule has 0 spiro atoms.